The molecular formula is C20H21N7O. The highest BCUT2D eigenvalue weighted by Crippen LogP contribution is 2.41. The van der Waals surface area contributed by atoms with Crippen molar-refractivity contribution in [3.63, 3.8) is 0 Å². The van der Waals surface area contributed by atoms with Crippen molar-refractivity contribution < 1.29 is 4.79 Å². The SMILES string of the molecule is N#CCC(C1CC1)n1cc(-c2nc(C(=O)NC3CCC3)cc3nccn23)cn1. The molecule has 1 unspecified atom stereocenters. The fraction of sp³-hybridized carbons (Fsp3) is 0.450. The highest BCUT2D eigenvalue weighted by atomic mass is 16.1. The molecule has 8 nitrogen and oxygen atoms in total. The molecule has 0 aliphatic heterocycles. The zero-order chi connectivity index (χ0) is 19.1. The molecule has 28 heavy (non-hydrogen) atoms. The first kappa shape index (κ1) is 16.9. The summed E-state index contributed by atoms with van der Waals surface area (Å²) in [6.45, 7) is 0. The molecule has 1 N–H and O–H groups in total. The molecule has 8 heteroatoms. The molecule has 5 rings (SSSR count). The Morgan fingerprint density at radius 3 is 2.93 bits per heavy atom. The molecule has 0 saturated heterocycles. The number of rotatable bonds is 6. The van der Waals surface area contributed by atoms with Gasteiger partial charge in [0, 0.05) is 30.7 Å². The highest BCUT2D eigenvalue weighted by Gasteiger charge is 2.33. The molecule has 0 bridgehead atoms. The van der Waals surface area contributed by atoms with E-state index < -0.39 is 0 Å². The van der Waals surface area contributed by atoms with Gasteiger partial charge in [-0.25, -0.2) is 9.97 Å². The van der Waals surface area contributed by atoms with Crippen LogP contribution in [0.4, 0.5) is 0 Å². The lowest BCUT2D eigenvalue weighted by Crippen LogP contribution is -2.39. The summed E-state index contributed by atoms with van der Waals surface area (Å²) in [5.41, 5.74) is 1.85. The first-order valence-electron chi connectivity index (χ1n) is 9.79. The van der Waals surface area contributed by atoms with E-state index in [0.717, 1.165) is 37.7 Å². The Hall–Kier alpha value is -3.21. The Morgan fingerprint density at radius 2 is 2.21 bits per heavy atom. The molecule has 1 amide bonds. The summed E-state index contributed by atoms with van der Waals surface area (Å²) in [6, 6.07) is 4.33. The van der Waals surface area contributed by atoms with Crippen molar-refractivity contribution in [3.05, 3.63) is 36.5 Å². The fourth-order valence-corrected chi connectivity index (χ4v) is 3.74. The van der Waals surface area contributed by atoms with Crippen LogP contribution in [0.25, 0.3) is 17.0 Å². The van der Waals surface area contributed by atoms with Gasteiger partial charge < -0.3 is 5.32 Å². The van der Waals surface area contributed by atoms with Crippen molar-refractivity contribution in [1.29, 1.82) is 5.26 Å². The van der Waals surface area contributed by atoms with E-state index in [-0.39, 0.29) is 18.0 Å². The molecule has 2 aliphatic carbocycles. The average Bonchev–Trinajstić information content (AvgIpc) is 3.19. The minimum atomic E-state index is -0.163. The fourth-order valence-electron chi connectivity index (χ4n) is 3.74. The Balaban J connectivity index is 1.50. The molecule has 1 atom stereocenters. The Morgan fingerprint density at radius 1 is 1.36 bits per heavy atom. The number of hydrogen-bond donors (Lipinski definition) is 1. The number of imidazole rings is 1. The van der Waals surface area contributed by atoms with E-state index in [1.54, 1.807) is 18.5 Å². The Bertz CT molecular complexity index is 1070. The van der Waals surface area contributed by atoms with E-state index in [1.165, 1.54) is 0 Å². The van der Waals surface area contributed by atoms with Gasteiger partial charge in [0.2, 0.25) is 0 Å². The van der Waals surface area contributed by atoms with Gasteiger partial charge in [0.15, 0.2) is 0 Å². The second-order valence-corrected chi connectivity index (χ2v) is 7.70. The predicted octanol–water partition coefficient (Wildman–Crippen LogP) is 2.74. The summed E-state index contributed by atoms with van der Waals surface area (Å²) in [5.74, 6) is 0.990. The number of aromatic nitrogens is 5. The van der Waals surface area contributed by atoms with Crippen LogP contribution >= 0.6 is 0 Å². The number of carbonyl (C=O) groups excluding carboxylic acids is 1. The molecule has 2 fully saturated rings. The minimum Gasteiger partial charge on any atom is -0.348 e. The van der Waals surface area contributed by atoms with Gasteiger partial charge in [0.1, 0.15) is 17.2 Å². The quantitative estimate of drug-likeness (QED) is 0.714. The number of hydrogen-bond acceptors (Lipinski definition) is 5. The van der Waals surface area contributed by atoms with Crippen LogP contribution in [-0.4, -0.2) is 36.1 Å². The third-order valence-corrected chi connectivity index (χ3v) is 5.73. The first-order valence-corrected chi connectivity index (χ1v) is 9.79. The summed E-state index contributed by atoms with van der Waals surface area (Å²) in [4.78, 5) is 21.6. The van der Waals surface area contributed by atoms with Crippen LogP contribution in [0.15, 0.2) is 30.9 Å². The number of nitrogens with one attached hydrogen (secondary N) is 1. The standard InChI is InChI=1S/C20H21N7O/c21-7-6-17(13-4-5-13)27-12-14(11-23-27)19-25-16(10-18-22-8-9-26(18)19)20(28)24-15-2-1-3-15/h8-13,15,17H,1-6H2,(H,24,28). The van der Waals surface area contributed by atoms with Gasteiger partial charge >= 0.3 is 0 Å². The third kappa shape index (κ3) is 3.03. The van der Waals surface area contributed by atoms with E-state index in [9.17, 15) is 4.79 Å². The maximum atomic E-state index is 12.6. The van der Waals surface area contributed by atoms with Crippen molar-refractivity contribution >= 4 is 11.6 Å². The second-order valence-electron chi connectivity index (χ2n) is 7.70. The summed E-state index contributed by atoms with van der Waals surface area (Å²) in [6.07, 6.45) is 13.1. The molecular weight excluding hydrogens is 354 g/mol. The lowest BCUT2D eigenvalue weighted by molar-refractivity contribution is 0.0912. The van der Waals surface area contributed by atoms with E-state index in [2.05, 4.69) is 26.5 Å². The Kier molecular flexibility index (Phi) is 4.08. The number of carbonyl (C=O) groups is 1. The van der Waals surface area contributed by atoms with Crippen molar-refractivity contribution in [1.82, 2.24) is 29.5 Å². The predicted molar refractivity (Wildman–Crippen MR) is 101 cm³/mol. The van der Waals surface area contributed by atoms with Gasteiger partial charge in [-0.05, 0) is 38.0 Å². The molecule has 0 spiro atoms. The number of nitriles is 1. The monoisotopic (exact) mass is 375 g/mol. The molecule has 142 valence electrons. The highest BCUT2D eigenvalue weighted by molar-refractivity contribution is 5.94. The van der Waals surface area contributed by atoms with Gasteiger partial charge in [0.25, 0.3) is 5.91 Å². The van der Waals surface area contributed by atoms with Crippen molar-refractivity contribution in [2.24, 2.45) is 5.92 Å². The lowest BCUT2D eigenvalue weighted by Gasteiger charge is -2.26. The molecule has 3 heterocycles. The van der Waals surface area contributed by atoms with Gasteiger partial charge in [-0.1, -0.05) is 0 Å². The summed E-state index contributed by atoms with van der Waals surface area (Å²) in [7, 11) is 0. The van der Waals surface area contributed by atoms with Gasteiger partial charge in [0.05, 0.1) is 30.3 Å². The van der Waals surface area contributed by atoms with Crippen molar-refractivity contribution in [2.75, 3.05) is 0 Å². The van der Waals surface area contributed by atoms with E-state index in [0.29, 0.717) is 29.5 Å². The van der Waals surface area contributed by atoms with Crippen LogP contribution in [0.1, 0.15) is 55.1 Å². The molecule has 0 radical (unpaired) electrons. The molecule has 2 saturated carbocycles. The van der Waals surface area contributed by atoms with Crippen LogP contribution in [0.3, 0.4) is 0 Å². The van der Waals surface area contributed by atoms with E-state index in [1.807, 2.05) is 21.5 Å². The topological polar surface area (TPSA) is 101 Å². The van der Waals surface area contributed by atoms with Crippen LogP contribution in [0, 0.1) is 17.2 Å². The van der Waals surface area contributed by atoms with E-state index in [4.69, 9.17) is 5.26 Å². The van der Waals surface area contributed by atoms with Crippen LogP contribution < -0.4 is 5.32 Å². The van der Waals surface area contributed by atoms with E-state index >= 15 is 0 Å². The van der Waals surface area contributed by atoms with Gasteiger partial charge in [-0.15, -0.1) is 0 Å². The average molecular weight is 375 g/mol. The zero-order valence-corrected chi connectivity index (χ0v) is 15.5. The van der Waals surface area contributed by atoms with Crippen LogP contribution in [0.5, 0.6) is 0 Å². The summed E-state index contributed by atoms with van der Waals surface area (Å²) >= 11 is 0. The summed E-state index contributed by atoms with van der Waals surface area (Å²) in [5, 5.41) is 16.7. The maximum absolute atomic E-state index is 12.6. The normalized spacial score (nSPS) is 17.8. The number of nitrogens with zero attached hydrogens (tertiary/aromatic N) is 6. The first-order chi connectivity index (χ1) is 13.7. The van der Waals surface area contributed by atoms with Gasteiger partial charge in [-0.2, -0.15) is 10.4 Å². The number of amides is 1. The summed E-state index contributed by atoms with van der Waals surface area (Å²) < 4.78 is 3.74. The van der Waals surface area contributed by atoms with Crippen LogP contribution in [-0.2, 0) is 0 Å². The lowest BCUT2D eigenvalue weighted by atomic mass is 9.93. The Labute approximate surface area is 162 Å². The van der Waals surface area contributed by atoms with Crippen molar-refractivity contribution in [3.8, 4) is 17.5 Å². The molecule has 3 aromatic heterocycles. The van der Waals surface area contributed by atoms with Gasteiger partial charge in [-0.3, -0.25) is 13.9 Å². The largest absolute Gasteiger partial charge is 0.348 e. The maximum Gasteiger partial charge on any atom is 0.270 e. The van der Waals surface area contributed by atoms with Crippen molar-refractivity contribution in [2.45, 2.75) is 50.6 Å². The van der Waals surface area contributed by atoms with Crippen LogP contribution in [0.2, 0.25) is 0 Å². The molecule has 0 aromatic carbocycles. The third-order valence-electron chi connectivity index (χ3n) is 5.73. The second kappa shape index (κ2) is 6.75. The number of fused-ring (bicyclic) bond motifs is 1. The smallest absolute Gasteiger partial charge is 0.270 e. The molecule has 3 aromatic rings. The molecule has 2 aliphatic rings. The minimum absolute atomic E-state index is 0.0992. The zero-order valence-electron chi connectivity index (χ0n) is 15.5.